The van der Waals surface area contributed by atoms with E-state index in [4.69, 9.17) is 5.73 Å². The van der Waals surface area contributed by atoms with E-state index in [-0.39, 0.29) is 11.5 Å². The highest BCUT2D eigenvalue weighted by Gasteiger charge is 2.17. The molecule has 4 heteroatoms. The summed E-state index contributed by atoms with van der Waals surface area (Å²) in [6, 6.07) is 0.166. The molecular formula is C11H22N4. The fraction of sp³-hybridized carbons (Fsp3) is 0.818. The van der Waals surface area contributed by atoms with Crippen molar-refractivity contribution in [1.29, 1.82) is 0 Å². The largest absolute Gasteiger partial charge is 0.327 e. The van der Waals surface area contributed by atoms with Crippen LogP contribution in [0.25, 0.3) is 0 Å². The van der Waals surface area contributed by atoms with Crippen LogP contribution in [0.15, 0.2) is 6.33 Å². The van der Waals surface area contributed by atoms with E-state index >= 15 is 0 Å². The molecule has 15 heavy (non-hydrogen) atoms. The highest BCUT2D eigenvalue weighted by atomic mass is 15.3. The number of aryl methyl sites for hydroxylation is 1. The Kier molecular flexibility index (Phi) is 3.85. The Morgan fingerprint density at radius 2 is 2.13 bits per heavy atom. The van der Waals surface area contributed by atoms with Crippen LogP contribution in [0.5, 0.6) is 0 Å². The van der Waals surface area contributed by atoms with E-state index in [1.54, 1.807) is 6.33 Å². The highest BCUT2D eigenvalue weighted by Crippen LogP contribution is 2.21. The molecule has 1 rings (SSSR count). The van der Waals surface area contributed by atoms with Crippen molar-refractivity contribution in [3.05, 3.63) is 12.2 Å². The normalized spacial score (nSPS) is 14.2. The molecule has 1 aromatic rings. The molecule has 0 aliphatic heterocycles. The lowest BCUT2D eigenvalue weighted by atomic mass is 9.87. The standard InChI is InChI=1S/C11H22N4/c1-5-15-8-13-14-10(15)6-9(12)7-11(2,3)4/h8-9H,5-7,12H2,1-4H3. The highest BCUT2D eigenvalue weighted by molar-refractivity contribution is 4.90. The van der Waals surface area contributed by atoms with Crippen molar-refractivity contribution in [2.45, 2.75) is 53.1 Å². The predicted octanol–water partition coefficient (Wildman–Crippen LogP) is 1.60. The van der Waals surface area contributed by atoms with E-state index in [0.717, 1.165) is 25.2 Å². The number of aromatic nitrogens is 3. The number of rotatable bonds is 4. The Labute approximate surface area is 91.9 Å². The smallest absolute Gasteiger partial charge is 0.134 e. The van der Waals surface area contributed by atoms with Crippen molar-refractivity contribution in [2.24, 2.45) is 11.1 Å². The van der Waals surface area contributed by atoms with Gasteiger partial charge in [-0.25, -0.2) is 0 Å². The molecule has 4 nitrogen and oxygen atoms in total. The molecule has 0 fully saturated rings. The molecule has 0 aromatic carbocycles. The zero-order valence-corrected chi connectivity index (χ0v) is 10.2. The van der Waals surface area contributed by atoms with Gasteiger partial charge in [0.1, 0.15) is 12.2 Å². The number of hydrogen-bond donors (Lipinski definition) is 1. The quantitative estimate of drug-likeness (QED) is 0.821. The maximum Gasteiger partial charge on any atom is 0.134 e. The van der Waals surface area contributed by atoms with Gasteiger partial charge in [0.25, 0.3) is 0 Å². The zero-order chi connectivity index (χ0) is 11.5. The first-order chi connectivity index (χ1) is 6.92. The van der Waals surface area contributed by atoms with Gasteiger partial charge in [0.2, 0.25) is 0 Å². The van der Waals surface area contributed by atoms with Crippen molar-refractivity contribution >= 4 is 0 Å². The summed E-state index contributed by atoms with van der Waals surface area (Å²) in [5, 5.41) is 7.99. The minimum absolute atomic E-state index is 0.166. The van der Waals surface area contributed by atoms with Crippen LogP contribution in [0.3, 0.4) is 0 Å². The van der Waals surface area contributed by atoms with E-state index in [9.17, 15) is 0 Å². The van der Waals surface area contributed by atoms with Gasteiger partial charge in [-0.05, 0) is 18.8 Å². The summed E-state index contributed by atoms with van der Waals surface area (Å²) in [4.78, 5) is 0. The molecule has 0 saturated heterocycles. The summed E-state index contributed by atoms with van der Waals surface area (Å²) in [5.74, 6) is 0.995. The van der Waals surface area contributed by atoms with E-state index in [1.165, 1.54) is 0 Å². The third kappa shape index (κ3) is 4.00. The summed E-state index contributed by atoms with van der Waals surface area (Å²) >= 11 is 0. The average molecular weight is 210 g/mol. The molecule has 0 saturated carbocycles. The van der Waals surface area contributed by atoms with Gasteiger partial charge in [-0.15, -0.1) is 10.2 Å². The molecule has 1 unspecified atom stereocenters. The second-order valence-electron chi connectivity index (χ2n) is 5.26. The Hall–Kier alpha value is -0.900. The Bertz CT molecular complexity index is 298. The summed E-state index contributed by atoms with van der Waals surface area (Å²) in [6.45, 7) is 9.61. The van der Waals surface area contributed by atoms with E-state index in [2.05, 4.69) is 37.9 Å². The second-order valence-corrected chi connectivity index (χ2v) is 5.26. The van der Waals surface area contributed by atoms with Crippen molar-refractivity contribution in [2.75, 3.05) is 0 Å². The minimum Gasteiger partial charge on any atom is -0.327 e. The second kappa shape index (κ2) is 4.75. The van der Waals surface area contributed by atoms with Crippen molar-refractivity contribution < 1.29 is 0 Å². The number of nitrogens with two attached hydrogens (primary N) is 1. The maximum atomic E-state index is 6.09. The first-order valence-corrected chi connectivity index (χ1v) is 5.54. The molecule has 1 heterocycles. The summed E-state index contributed by atoms with van der Waals surface area (Å²) in [6.07, 6.45) is 3.58. The molecule has 0 amide bonds. The molecular weight excluding hydrogens is 188 g/mol. The third-order valence-electron chi connectivity index (χ3n) is 2.36. The first kappa shape index (κ1) is 12.2. The van der Waals surface area contributed by atoms with Gasteiger partial charge in [0, 0.05) is 19.0 Å². The Balaban J connectivity index is 2.55. The Morgan fingerprint density at radius 1 is 1.47 bits per heavy atom. The lowest BCUT2D eigenvalue weighted by Gasteiger charge is -2.22. The van der Waals surface area contributed by atoms with Crippen LogP contribution in [0.4, 0.5) is 0 Å². The molecule has 0 aliphatic carbocycles. The maximum absolute atomic E-state index is 6.09. The molecule has 0 radical (unpaired) electrons. The monoisotopic (exact) mass is 210 g/mol. The van der Waals surface area contributed by atoms with Crippen LogP contribution in [-0.4, -0.2) is 20.8 Å². The zero-order valence-electron chi connectivity index (χ0n) is 10.2. The minimum atomic E-state index is 0.166. The van der Waals surface area contributed by atoms with Gasteiger partial charge in [-0.1, -0.05) is 20.8 Å². The molecule has 1 atom stereocenters. The summed E-state index contributed by atoms with van der Waals surface area (Å²) in [5.41, 5.74) is 6.37. The van der Waals surface area contributed by atoms with Crippen molar-refractivity contribution in [3.8, 4) is 0 Å². The fourth-order valence-corrected chi connectivity index (χ4v) is 1.79. The third-order valence-corrected chi connectivity index (χ3v) is 2.36. The molecule has 1 aromatic heterocycles. The summed E-state index contributed by atoms with van der Waals surface area (Å²) < 4.78 is 2.04. The molecule has 2 N–H and O–H groups in total. The molecule has 0 aliphatic rings. The topological polar surface area (TPSA) is 56.7 Å². The lowest BCUT2D eigenvalue weighted by Crippen LogP contribution is -2.29. The van der Waals surface area contributed by atoms with Gasteiger partial charge in [-0.3, -0.25) is 0 Å². The van der Waals surface area contributed by atoms with Gasteiger partial charge < -0.3 is 10.3 Å². The number of hydrogen-bond acceptors (Lipinski definition) is 3. The van der Waals surface area contributed by atoms with E-state index in [0.29, 0.717) is 0 Å². The molecule has 86 valence electrons. The Morgan fingerprint density at radius 3 is 2.67 bits per heavy atom. The van der Waals surface area contributed by atoms with E-state index < -0.39 is 0 Å². The van der Waals surface area contributed by atoms with Crippen LogP contribution in [0, 0.1) is 5.41 Å². The first-order valence-electron chi connectivity index (χ1n) is 5.54. The van der Waals surface area contributed by atoms with Crippen molar-refractivity contribution in [1.82, 2.24) is 14.8 Å². The van der Waals surface area contributed by atoms with Crippen LogP contribution < -0.4 is 5.73 Å². The SMILES string of the molecule is CCn1cnnc1CC(N)CC(C)(C)C. The van der Waals surface area contributed by atoms with Crippen LogP contribution in [0.2, 0.25) is 0 Å². The van der Waals surface area contributed by atoms with E-state index in [1.807, 2.05) is 4.57 Å². The summed E-state index contributed by atoms with van der Waals surface area (Å²) in [7, 11) is 0. The van der Waals surface area contributed by atoms with Crippen LogP contribution in [0.1, 0.15) is 39.9 Å². The van der Waals surface area contributed by atoms with Crippen molar-refractivity contribution in [3.63, 3.8) is 0 Å². The number of nitrogens with zero attached hydrogens (tertiary/aromatic N) is 3. The van der Waals surface area contributed by atoms with Gasteiger partial charge >= 0.3 is 0 Å². The van der Waals surface area contributed by atoms with Gasteiger partial charge in [0.05, 0.1) is 0 Å². The van der Waals surface area contributed by atoms with Crippen LogP contribution in [-0.2, 0) is 13.0 Å². The van der Waals surface area contributed by atoms with Gasteiger partial charge in [-0.2, -0.15) is 0 Å². The lowest BCUT2D eigenvalue weighted by molar-refractivity contribution is 0.335. The molecule has 0 bridgehead atoms. The van der Waals surface area contributed by atoms with Gasteiger partial charge in [0.15, 0.2) is 0 Å². The predicted molar refractivity (Wildman–Crippen MR) is 61.4 cm³/mol. The molecule has 0 spiro atoms. The van der Waals surface area contributed by atoms with Crippen LogP contribution >= 0.6 is 0 Å². The average Bonchev–Trinajstić information content (AvgIpc) is 2.48. The fourth-order valence-electron chi connectivity index (χ4n) is 1.79.